The molecular weight excluding hydrogens is 263 g/mol. The molecule has 2 amide bonds. The fourth-order valence-corrected chi connectivity index (χ4v) is 1.43. The minimum Gasteiger partial charge on any atom is -0.478 e. The molecule has 1 atom stereocenters. The van der Waals surface area contributed by atoms with Crippen molar-refractivity contribution in [2.24, 2.45) is 11.8 Å². The van der Waals surface area contributed by atoms with Gasteiger partial charge in [0.05, 0.1) is 5.56 Å². The first-order chi connectivity index (χ1) is 9.31. The first-order valence-electron chi connectivity index (χ1n) is 6.39. The molecule has 110 valence electrons. The summed E-state index contributed by atoms with van der Waals surface area (Å²) in [7, 11) is 0. The summed E-state index contributed by atoms with van der Waals surface area (Å²) >= 11 is 0. The highest BCUT2D eigenvalue weighted by Crippen LogP contribution is 2.14. The van der Waals surface area contributed by atoms with Crippen LogP contribution in [0.5, 0.6) is 0 Å². The van der Waals surface area contributed by atoms with Gasteiger partial charge < -0.3 is 15.7 Å². The molecule has 3 N–H and O–H groups in total. The van der Waals surface area contributed by atoms with E-state index in [-0.39, 0.29) is 5.69 Å². The van der Waals surface area contributed by atoms with E-state index in [0.29, 0.717) is 18.4 Å². The summed E-state index contributed by atoms with van der Waals surface area (Å²) in [5, 5.41) is 13.8. The molecule has 0 bridgehead atoms. The lowest BCUT2D eigenvalue weighted by Crippen LogP contribution is -2.33. The van der Waals surface area contributed by atoms with Crippen LogP contribution in [0.25, 0.3) is 0 Å². The van der Waals surface area contributed by atoms with Crippen LogP contribution in [0.15, 0.2) is 18.2 Å². The van der Waals surface area contributed by atoms with Gasteiger partial charge in [-0.1, -0.05) is 20.8 Å². The number of hydrogen-bond donors (Lipinski definition) is 3. The Hall–Kier alpha value is -2.11. The highest BCUT2D eigenvalue weighted by atomic mass is 19.1. The molecule has 0 fully saturated rings. The predicted molar refractivity (Wildman–Crippen MR) is 74.4 cm³/mol. The summed E-state index contributed by atoms with van der Waals surface area (Å²) in [6.07, 6.45) is 0. The van der Waals surface area contributed by atoms with Crippen molar-refractivity contribution in [3.05, 3.63) is 29.6 Å². The van der Waals surface area contributed by atoms with Crippen molar-refractivity contribution in [2.75, 3.05) is 11.9 Å². The van der Waals surface area contributed by atoms with Gasteiger partial charge in [-0.3, -0.25) is 0 Å². The van der Waals surface area contributed by atoms with E-state index >= 15 is 0 Å². The number of anilines is 1. The number of nitrogens with one attached hydrogen (secondary N) is 2. The lowest BCUT2D eigenvalue weighted by Gasteiger charge is -2.16. The van der Waals surface area contributed by atoms with Crippen LogP contribution in [0.4, 0.5) is 14.9 Å². The molecule has 6 heteroatoms. The number of carbonyl (C=O) groups is 2. The Morgan fingerprint density at radius 3 is 2.45 bits per heavy atom. The summed E-state index contributed by atoms with van der Waals surface area (Å²) in [6.45, 7) is 6.65. The third-order valence-corrected chi connectivity index (χ3v) is 3.18. The van der Waals surface area contributed by atoms with Crippen LogP contribution in [-0.4, -0.2) is 23.7 Å². The topological polar surface area (TPSA) is 78.4 Å². The maximum atomic E-state index is 13.4. The number of carbonyl (C=O) groups excluding carboxylic acids is 1. The van der Waals surface area contributed by atoms with Gasteiger partial charge in [0, 0.05) is 12.2 Å². The van der Waals surface area contributed by atoms with Gasteiger partial charge in [0.1, 0.15) is 5.82 Å². The van der Waals surface area contributed by atoms with Gasteiger partial charge in [-0.05, 0) is 30.0 Å². The maximum Gasteiger partial charge on any atom is 0.338 e. The van der Waals surface area contributed by atoms with E-state index < -0.39 is 23.4 Å². The van der Waals surface area contributed by atoms with Crippen LogP contribution in [-0.2, 0) is 0 Å². The molecular formula is C14H19FN2O3. The number of urea groups is 1. The zero-order chi connectivity index (χ0) is 15.3. The fraction of sp³-hybridized carbons (Fsp3) is 0.429. The minimum atomic E-state index is -1.34. The van der Waals surface area contributed by atoms with Crippen molar-refractivity contribution < 1.29 is 19.1 Å². The number of hydrogen-bond acceptors (Lipinski definition) is 2. The number of benzene rings is 1. The van der Waals surface area contributed by atoms with E-state index in [1.165, 1.54) is 6.07 Å². The Morgan fingerprint density at radius 1 is 1.30 bits per heavy atom. The smallest absolute Gasteiger partial charge is 0.338 e. The van der Waals surface area contributed by atoms with E-state index in [1.54, 1.807) is 0 Å². The molecule has 0 heterocycles. The van der Waals surface area contributed by atoms with Gasteiger partial charge >= 0.3 is 12.0 Å². The Morgan fingerprint density at radius 2 is 1.95 bits per heavy atom. The molecule has 1 rings (SSSR count). The van der Waals surface area contributed by atoms with Gasteiger partial charge in [-0.2, -0.15) is 0 Å². The molecule has 0 aliphatic rings. The first kappa shape index (κ1) is 15.9. The van der Waals surface area contributed by atoms with Gasteiger partial charge in [0.2, 0.25) is 0 Å². The number of carboxylic acid groups (broad SMARTS) is 1. The molecule has 0 spiro atoms. The largest absolute Gasteiger partial charge is 0.478 e. The number of aromatic carboxylic acids is 1. The fourth-order valence-electron chi connectivity index (χ4n) is 1.43. The standard InChI is InChI=1S/C14H19FN2O3/c1-8(2)9(3)7-16-14(20)17-10-4-5-11(13(18)19)12(15)6-10/h4-6,8-9H,7H2,1-3H3,(H,18,19)(H2,16,17,20). The molecule has 0 saturated heterocycles. The van der Waals surface area contributed by atoms with Crippen LogP contribution in [0.3, 0.4) is 0 Å². The van der Waals surface area contributed by atoms with Crippen LogP contribution in [0.2, 0.25) is 0 Å². The van der Waals surface area contributed by atoms with Crippen molar-refractivity contribution in [1.29, 1.82) is 0 Å². The Kier molecular flexibility index (Phi) is 5.49. The molecule has 0 aliphatic heterocycles. The number of halogens is 1. The molecule has 5 nitrogen and oxygen atoms in total. The summed E-state index contributed by atoms with van der Waals surface area (Å²) < 4.78 is 13.4. The summed E-state index contributed by atoms with van der Waals surface area (Å²) in [5.41, 5.74) is -0.216. The summed E-state index contributed by atoms with van der Waals surface area (Å²) in [6, 6.07) is 3.00. The second-order valence-electron chi connectivity index (χ2n) is 5.06. The minimum absolute atomic E-state index is 0.210. The summed E-state index contributed by atoms with van der Waals surface area (Å²) in [5.74, 6) is -1.45. The second-order valence-corrected chi connectivity index (χ2v) is 5.06. The maximum absolute atomic E-state index is 13.4. The van der Waals surface area contributed by atoms with Gasteiger partial charge in [-0.15, -0.1) is 0 Å². The van der Waals surface area contributed by atoms with Crippen LogP contribution >= 0.6 is 0 Å². The van der Waals surface area contributed by atoms with E-state index in [0.717, 1.165) is 12.1 Å². The molecule has 1 aromatic rings. The van der Waals surface area contributed by atoms with E-state index in [9.17, 15) is 14.0 Å². The molecule has 1 unspecified atom stereocenters. The number of rotatable bonds is 5. The molecule has 0 saturated carbocycles. The summed E-state index contributed by atoms with van der Waals surface area (Å²) in [4.78, 5) is 22.3. The molecule has 1 aromatic carbocycles. The monoisotopic (exact) mass is 282 g/mol. The Labute approximate surface area is 117 Å². The van der Waals surface area contributed by atoms with E-state index in [1.807, 2.05) is 6.92 Å². The Bertz CT molecular complexity index is 503. The Balaban J connectivity index is 2.58. The van der Waals surface area contributed by atoms with Crippen LogP contribution < -0.4 is 10.6 Å². The molecule has 20 heavy (non-hydrogen) atoms. The zero-order valence-electron chi connectivity index (χ0n) is 11.7. The normalized spacial score (nSPS) is 12.1. The zero-order valence-corrected chi connectivity index (χ0v) is 11.7. The average Bonchev–Trinajstić information content (AvgIpc) is 2.35. The van der Waals surface area contributed by atoms with Gasteiger partial charge in [0.25, 0.3) is 0 Å². The van der Waals surface area contributed by atoms with Crippen LogP contribution in [0.1, 0.15) is 31.1 Å². The van der Waals surface area contributed by atoms with Crippen molar-refractivity contribution >= 4 is 17.7 Å². The van der Waals surface area contributed by atoms with Crippen molar-refractivity contribution in [3.8, 4) is 0 Å². The SMILES string of the molecule is CC(C)C(C)CNC(=O)Nc1ccc(C(=O)O)c(F)c1. The third-order valence-electron chi connectivity index (χ3n) is 3.18. The van der Waals surface area contributed by atoms with Crippen molar-refractivity contribution in [2.45, 2.75) is 20.8 Å². The highest BCUT2D eigenvalue weighted by molar-refractivity contribution is 5.91. The van der Waals surface area contributed by atoms with E-state index in [4.69, 9.17) is 5.11 Å². The second kappa shape index (κ2) is 6.88. The molecule has 0 radical (unpaired) electrons. The first-order valence-corrected chi connectivity index (χ1v) is 6.39. The van der Waals surface area contributed by atoms with E-state index in [2.05, 4.69) is 24.5 Å². The lowest BCUT2D eigenvalue weighted by atomic mass is 9.98. The quantitative estimate of drug-likeness (QED) is 0.777. The predicted octanol–water partition coefficient (Wildman–Crippen LogP) is 2.94. The highest BCUT2D eigenvalue weighted by Gasteiger charge is 2.12. The van der Waals surface area contributed by atoms with Gasteiger partial charge in [0.15, 0.2) is 0 Å². The lowest BCUT2D eigenvalue weighted by molar-refractivity contribution is 0.0692. The molecule has 0 aromatic heterocycles. The molecule has 0 aliphatic carbocycles. The third kappa shape index (κ3) is 4.53. The average molecular weight is 282 g/mol. The van der Waals surface area contributed by atoms with Crippen molar-refractivity contribution in [1.82, 2.24) is 5.32 Å². The van der Waals surface area contributed by atoms with Gasteiger partial charge in [-0.25, -0.2) is 14.0 Å². The number of carboxylic acids is 1. The van der Waals surface area contributed by atoms with Crippen LogP contribution in [0, 0.1) is 17.7 Å². The number of amides is 2. The van der Waals surface area contributed by atoms with Crippen molar-refractivity contribution in [3.63, 3.8) is 0 Å².